The Balaban J connectivity index is 2.05. The van der Waals surface area contributed by atoms with Gasteiger partial charge in [0.15, 0.2) is 0 Å². The summed E-state index contributed by atoms with van der Waals surface area (Å²) in [5.74, 6) is 1.15. The number of hydrogen-bond donors (Lipinski definition) is 0. The van der Waals surface area contributed by atoms with E-state index in [1.54, 1.807) is 0 Å². The second-order valence-electron chi connectivity index (χ2n) is 14.2. The summed E-state index contributed by atoms with van der Waals surface area (Å²) in [7, 11) is 8.42. The van der Waals surface area contributed by atoms with Crippen molar-refractivity contribution >= 4 is 24.6 Å². The van der Waals surface area contributed by atoms with Crippen LogP contribution in [0, 0.1) is 6.92 Å². The predicted octanol–water partition coefficient (Wildman–Crippen LogP) is 8.97. The molecule has 0 heterocycles. The minimum atomic E-state index is -2.38. The standard InChI is InChI=1S/C21H31OSi.2C9H12N.Sc/c1-8-23(9-2,17-12-10-11-13-17)19-15-16(3)14-18(20(19)22-7)21(4,5)6;2*1-8-6-4-5-7-9(8)10(2)3;/h10-15H,8-9H2,1-7H3;2*4-7H,1H2,2-3H3;. The molecule has 0 saturated carbocycles. The molecule has 0 N–H and O–H groups in total. The number of rotatable bonds is 12. The van der Waals surface area contributed by atoms with Crippen molar-refractivity contribution in [2.24, 2.45) is 0 Å². The first-order chi connectivity index (χ1) is 20.8. The van der Waals surface area contributed by atoms with Gasteiger partial charge in [-0.05, 0) is 0 Å². The summed E-state index contributed by atoms with van der Waals surface area (Å²) >= 11 is -2.38. The van der Waals surface area contributed by atoms with Crippen molar-refractivity contribution in [3.8, 4) is 5.75 Å². The van der Waals surface area contributed by atoms with E-state index >= 15 is 0 Å². The van der Waals surface area contributed by atoms with Gasteiger partial charge >= 0.3 is 279 Å². The molecule has 4 rings (SSSR count). The molecule has 5 heteroatoms. The summed E-state index contributed by atoms with van der Waals surface area (Å²) in [6.45, 7) is 14.2. The van der Waals surface area contributed by atoms with Gasteiger partial charge in [0.25, 0.3) is 0 Å². The van der Waals surface area contributed by atoms with Crippen LogP contribution in [0.4, 0.5) is 11.4 Å². The molecule has 0 spiro atoms. The fourth-order valence-corrected chi connectivity index (χ4v) is 26.1. The van der Waals surface area contributed by atoms with E-state index in [2.05, 4.69) is 165 Å². The zero-order chi connectivity index (χ0) is 32.3. The number of benzene rings is 3. The molecular formula is C39H55N2OScSi. The zero-order valence-electron chi connectivity index (χ0n) is 29.3. The Morgan fingerprint density at radius 1 is 0.773 bits per heavy atom. The van der Waals surface area contributed by atoms with E-state index in [4.69, 9.17) is 4.74 Å². The summed E-state index contributed by atoms with van der Waals surface area (Å²) < 4.78 is 8.95. The third-order valence-corrected chi connectivity index (χ3v) is 25.9. The van der Waals surface area contributed by atoms with Crippen molar-refractivity contribution in [2.75, 3.05) is 45.1 Å². The topological polar surface area (TPSA) is 15.7 Å². The fourth-order valence-electron chi connectivity index (χ4n) is 8.03. The van der Waals surface area contributed by atoms with Crippen LogP contribution in [0.5, 0.6) is 5.75 Å². The molecule has 3 aromatic rings. The van der Waals surface area contributed by atoms with Gasteiger partial charge < -0.3 is 0 Å². The first-order valence-electron chi connectivity index (χ1n) is 16.4. The summed E-state index contributed by atoms with van der Waals surface area (Å²) in [4.78, 5) is 4.61. The van der Waals surface area contributed by atoms with E-state index in [9.17, 15) is 0 Å². The number of anilines is 2. The van der Waals surface area contributed by atoms with Gasteiger partial charge in [-0.25, -0.2) is 0 Å². The van der Waals surface area contributed by atoms with Gasteiger partial charge in [0.2, 0.25) is 0 Å². The molecule has 3 nitrogen and oxygen atoms in total. The number of aryl methyl sites for hydroxylation is 1. The summed E-state index contributed by atoms with van der Waals surface area (Å²) in [6, 6.07) is 25.5. The maximum atomic E-state index is 6.48. The molecule has 3 aromatic carbocycles. The molecule has 0 saturated heterocycles. The van der Waals surface area contributed by atoms with Crippen molar-refractivity contribution in [1.29, 1.82) is 0 Å². The molecule has 0 aromatic heterocycles. The molecule has 0 fully saturated rings. The van der Waals surface area contributed by atoms with Crippen LogP contribution in [0.2, 0.25) is 14.9 Å². The van der Waals surface area contributed by atoms with Crippen LogP contribution >= 0.6 is 0 Å². The molecule has 0 atom stereocenters. The number of hydrogen-bond acceptors (Lipinski definition) is 3. The third kappa shape index (κ3) is 6.47. The summed E-state index contributed by atoms with van der Waals surface area (Å²) in [6.07, 6.45) is 10.1. The number of allylic oxidation sites excluding steroid dienone is 4. The number of para-hydroxylation sites is 2. The van der Waals surface area contributed by atoms with Crippen LogP contribution in [-0.2, 0) is 35.2 Å². The van der Waals surface area contributed by atoms with Gasteiger partial charge in [0.1, 0.15) is 0 Å². The van der Waals surface area contributed by atoms with Crippen LogP contribution in [0.1, 0.15) is 56.9 Å². The second kappa shape index (κ2) is 13.9. The van der Waals surface area contributed by atoms with E-state index < -0.39 is 29.5 Å². The Kier molecular flexibility index (Phi) is 10.9. The van der Waals surface area contributed by atoms with Gasteiger partial charge in [-0.15, -0.1) is 0 Å². The Morgan fingerprint density at radius 3 is 1.66 bits per heavy atom. The molecule has 0 bridgehead atoms. The molecule has 0 amide bonds. The number of methoxy groups -OCH3 is 1. The third-order valence-electron chi connectivity index (χ3n) is 10.2. The molecule has 1 aliphatic rings. The second-order valence-corrected chi connectivity index (χ2v) is 25.1. The number of ether oxygens (including phenoxy) is 1. The summed E-state index contributed by atoms with van der Waals surface area (Å²) in [5, 5.41) is 1.53. The fraction of sp³-hybridized carbons (Fsp3) is 0.436. The van der Waals surface area contributed by atoms with Crippen LogP contribution in [0.15, 0.2) is 85.0 Å². The predicted molar refractivity (Wildman–Crippen MR) is 193 cm³/mol. The van der Waals surface area contributed by atoms with E-state index in [0.29, 0.717) is 0 Å². The van der Waals surface area contributed by atoms with Gasteiger partial charge in [-0.2, -0.15) is 0 Å². The Morgan fingerprint density at radius 2 is 1.25 bits per heavy atom. The maximum absolute atomic E-state index is 6.48. The van der Waals surface area contributed by atoms with E-state index in [1.165, 1.54) is 59.3 Å². The Labute approximate surface area is 277 Å². The van der Waals surface area contributed by atoms with E-state index in [1.807, 2.05) is 7.11 Å². The molecule has 0 unspecified atom stereocenters. The first kappa shape index (κ1) is 34.5. The zero-order valence-corrected chi connectivity index (χ0v) is 32.1. The molecule has 44 heavy (non-hydrogen) atoms. The van der Waals surface area contributed by atoms with Crippen molar-refractivity contribution < 1.29 is 26.2 Å². The Hall–Kier alpha value is -2.37. The van der Waals surface area contributed by atoms with E-state index in [-0.39, 0.29) is 8.21 Å². The first-order valence-corrected chi connectivity index (χ1v) is 22.3. The number of nitrogens with zero attached hydrogens (tertiary/aromatic N) is 2. The van der Waals surface area contributed by atoms with Crippen molar-refractivity contribution in [3.63, 3.8) is 0 Å². The van der Waals surface area contributed by atoms with Crippen LogP contribution in [-0.4, -0.2) is 43.4 Å². The average molecular weight is 641 g/mol. The van der Waals surface area contributed by atoms with Crippen LogP contribution in [0.25, 0.3) is 0 Å². The minimum absolute atomic E-state index is 0.00160. The monoisotopic (exact) mass is 640 g/mol. The molecule has 0 aliphatic heterocycles. The molecule has 1 aliphatic carbocycles. The SMILES string of the molecule is CC[Si](CC)(c1cc(C)cc(C(C)(C)C)c1OC)[C]1([Sc]([CH2]c2ccccc2N(C)C)[CH2]c2ccccc2N(C)C)C=CC=C1. The van der Waals surface area contributed by atoms with Crippen molar-refractivity contribution in [3.05, 3.63) is 107 Å². The van der Waals surface area contributed by atoms with Gasteiger partial charge in [-0.1, -0.05) is 0 Å². The van der Waals surface area contributed by atoms with Gasteiger partial charge in [0.05, 0.1) is 0 Å². The average Bonchev–Trinajstić information content (AvgIpc) is 3.49. The van der Waals surface area contributed by atoms with E-state index in [0.717, 1.165) is 5.75 Å². The van der Waals surface area contributed by atoms with Crippen molar-refractivity contribution in [2.45, 2.75) is 70.2 Å². The summed E-state index contributed by atoms with van der Waals surface area (Å²) in [5.41, 5.74) is 8.40. The Bertz CT molecular complexity index is 1430. The molecular weight excluding hydrogens is 585 g/mol. The molecule has 234 valence electrons. The normalized spacial score (nSPS) is 14.2. The van der Waals surface area contributed by atoms with Crippen molar-refractivity contribution in [1.82, 2.24) is 0 Å². The molecule has 0 radical (unpaired) electrons. The van der Waals surface area contributed by atoms with Gasteiger partial charge in [-0.3, -0.25) is 0 Å². The van der Waals surface area contributed by atoms with Crippen LogP contribution in [0.3, 0.4) is 0 Å². The van der Waals surface area contributed by atoms with Gasteiger partial charge in [0, 0.05) is 0 Å². The quantitative estimate of drug-likeness (QED) is 0.184. The van der Waals surface area contributed by atoms with Crippen LogP contribution < -0.4 is 19.7 Å².